The van der Waals surface area contributed by atoms with Gasteiger partial charge in [-0.1, -0.05) is 34.6 Å². The van der Waals surface area contributed by atoms with Crippen LogP contribution in [0, 0.1) is 23.7 Å². The number of carbonyl (C=O) groups is 3. The van der Waals surface area contributed by atoms with Gasteiger partial charge in [0.25, 0.3) is 0 Å². The van der Waals surface area contributed by atoms with Gasteiger partial charge in [0.1, 0.15) is 6.04 Å². The Labute approximate surface area is 158 Å². The number of hydrogen-bond donors (Lipinski definition) is 0. The monoisotopic (exact) mass is 362 g/mol. The van der Waals surface area contributed by atoms with Crippen LogP contribution in [0.3, 0.4) is 0 Å². The highest BCUT2D eigenvalue weighted by Crippen LogP contribution is 2.26. The number of ketones is 1. The maximum absolute atomic E-state index is 13.1. The second kappa shape index (κ2) is 9.21. The average molecular weight is 363 g/mol. The first-order valence-corrected chi connectivity index (χ1v) is 9.54. The molecular formula is C21H34N2O3. The van der Waals surface area contributed by atoms with Crippen LogP contribution >= 0.6 is 0 Å². The van der Waals surface area contributed by atoms with Gasteiger partial charge in [-0.15, -0.1) is 12.3 Å². The molecule has 0 N–H and O–H groups in total. The first-order valence-electron chi connectivity index (χ1n) is 9.54. The molecule has 0 radical (unpaired) electrons. The fraction of sp³-hybridized carbons (Fsp3) is 0.762. The number of nitrogens with zero attached hydrogens (tertiary/aromatic N) is 2. The van der Waals surface area contributed by atoms with Crippen molar-refractivity contribution in [3.05, 3.63) is 0 Å². The minimum Gasteiger partial charge on any atom is -0.334 e. The predicted octanol–water partition coefficient (Wildman–Crippen LogP) is 2.88. The second-order valence-electron chi connectivity index (χ2n) is 8.66. The van der Waals surface area contributed by atoms with Crippen LogP contribution in [0.15, 0.2) is 0 Å². The molecule has 1 rings (SSSR count). The van der Waals surface area contributed by atoms with Gasteiger partial charge in [-0.25, -0.2) is 0 Å². The maximum atomic E-state index is 13.1. The molecule has 0 unspecified atom stereocenters. The van der Waals surface area contributed by atoms with Crippen molar-refractivity contribution in [2.24, 2.45) is 11.3 Å². The van der Waals surface area contributed by atoms with E-state index in [4.69, 9.17) is 6.42 Å². The van der Waals surface area contributed by atoms with Crippen molar-refractivity contribution in [3.8, 4) is 12.3 Å². The van der Waals surface area contributed by atoms with Gasteiger partial charge in [-0.2, -0.15) is 0 Å². The summed E-state index contributed by atoms with van der Waals surface area (Å²) in [7, 11) is 1.70. The van der Waals surface area contributed by atoms with Crippen LogP contribution in [0.2, 0.25) is 0 Å². The molecule has 1 aliphatic rings. The molecule has 0 aromatic carbocycles. The predicted molar refractivity (Wildman–Crippen MR) is 103 cm³/mol. The van der Waals surface area contributed by atoms with Gasteiger partial charge in [-0.3, -0.25) is 14.4 Å². The molecular weight excluding hydrogens is 328 g/mol. The molecule has 5 heteroatoms. The van der Waals surface area contributed by atoms with Crippen molar-refractivity contribution in [1.29, 1.82) is 0 Å². The Kier molecular flexibility index (Phi) is 7.87. The van der Waals surface area contributed by atoms with E-state index in [9.17, 15) is 14.4 Å². The fourth-order valence-corrected chi connectivity index (χ4v) is 3.42. The van der Waals surface area contributed by atoms with E-state index in [0.29, 0.717) is 31.7 Å². The molecule has 1 heterocycles. The van der Waals surface area contributed by atoms with E-state index in [2.05, 4.69) is 5.92 Å². The van der Waals surface area contributed by atoms with Crippen molar-refractivity contribution >= 4 is 17.6 Å². The third kappa shape index (κ3) is 5.59. The lowest BCUT2D eigenvalue weighted by Gasteiger charge is -2.36. The largest absolute Gasteiger partial charge is 0.334 e. The maximum Gasteiger partial charge on any atom is 0.245 e. The Bertz CT molecular complexity index is 569. The van der Waals surface area contributed by atoms with Crippen molar-refractivity contribution in [2.45, 2.75) is 78.8 Å². The smallest absolute Gasteiger partial charge is 0.245 e. The SMILES string of the molecule is C#CCCC(=O)N1CCC[C@H]1C(=O)N(C)[C@H](CC(C)C)C(=O)C(C)(C)C. The Balaban J connectivity index is 2.98. The summed E-state index contributed by atoms with van der Waals surface area (Å²) < 4.78 is 0. The van der Waals surface area contributed by atoms with Crippen molar-refractivity contribution in [1.82, 2.24) is 9.80 Å². The van der Waals surface area contributed by atoms with E-state index in [1.807, 2.05) is 34.6 Å². The molecule has 146 valence electrons. The molecule has 0 spiro atoms. The molecule has 1 fully saturated rings. The van der Waals surface area contributed by atoms with Crippen LogP contribution in [0.4, 0.5) is 0 Å². The van der Waals surface area contributed by atoms with E-state index < -0.39 is 17.5 Å². The number of rotatable bonds is 7. The molecule has 1 saturated heterocycles. The first-order chi connectivity index (χ1) is 12.0. The average Bonchev–Trinajstić information content (AvgIpc) is 3.04. The van der Waals surface area contributed by atoms with E-state index >= 15 is 0 Å². The Morgan fingerprint density at radius 2 is 1.88 bits per heavy atom. The molecule has 0 aromatic rings. The van der Waals surface area contributed by atoms with Gasteiger partial charge in [0.05, 0.1) is 6.04 Å². The number of carbonyl (C=O) groups excluding carboxylic acids is 3. The number of amides is 2. The third-order valence-corrected chi connectivity index (χ3v) is 4.89. The highest BCUT2D eigenvalue weighted by Gasteiger charge is 2.40. The van der Waals surface area contributed by atoms with Crippen molar-refractivity contribution in [2.75, 3.05) is 13.6 Å². The summed E-state index contributed by atoms with van der Waals surface area (Å²) in [6.45, 7) is 10.3. The topological polar surface area (TPSA) is 57.7 Å². The first kappa shape index (κ1) is 22.2. The summed E-state index contributed by atoms with van der Waals surface area (Å²) in [5, 5.41) is 0. The number of Topliss-reactive ketones (excluding diaryl/α,β-unsaturated/α-hetero) is 1. The zero-order chi connectivity index (χ0) is 20.1. The summed E-state index contributed by atoms with van der Waals surface area (Å²) >= 11 is 0. The number of terminal acetylenes is 1. The molecule has 0 aliphatic carbocycles. The van der Waals surface area contributed by atoms with Crippen molar-refractivity contribution < 1.29 is 14.4 Å². The van der Waals surface area contributed by atoms with Gasteiger partial charge < -0.3 is 9.80 Å². The van der Waals surface area contributed by atoms with Gasteiger partial charge >= 0.3 is 0 Å². The lowest BCUT2D eigenvalue weighted by atomic mass is 9.83. The Hall–Kier alpha value is -1.83. The van der Waals surface area contributed by atoms with Crippen molar-refractivity contribution in [3.63, 3.8) is 0 Å². The van der Waals surface area contributed by atoms with Crippen LogP contribution in [-0.4, -0.2) is 53.1 Å². The standard InChI is InChI=1S/C21H34N2O3/c1-8-9-12-18(24)23-13-10-11-16(23)20(26)22(7)17(14-15(2)3)19(25)21(4,5)6/h1,15-17H,9-14H2,2-7H3/t16-,17+/m0/s1. The van der Waals surface area contributed by atoms with Crippen LogP contribution < -0.4 is 0 Å². The van der Waals surface area contributed by atoms with Gasteiger partial charge in [0, 0.05) is 31.8 Å². The second-order valence-corrected chi connectivity index (χ2v) is 8.66. The van der Waals surface area contributed by atoms with Crippen LogP contribution in [0.5, 0.6) is 0 Å². The molecule has 2 amide bonds. The Morgan fingerprint density at radius 3 is 2.38 bits per heavy atom. The highest BCUT2D eigenvalue weighted by atomic mass is 16.2. The van der Waals surface area contributed by atoms with E-state index in [0.717, 1.165) is 6.42 Å². The number of likely N-dealkylation sites (N-methyl/N-ethyl adjacent to an activating group) is 1. The molecule has 26 heavy (non-hydrogen) atoms. The summed E-state index contributed by atoms with van der Waals surface area (Å²) in [5.74, 6) is 2.61. The van der Waals surface area contributed by atoms with Gasteiger partial charge in [0.2, 0.25) is 11.8 Å². The van der Waals surface area contributed by atoms with E-state index in [1.54, 1.807) is 16.8 Å². The molecule has 2 atom stereocenters. The summed E-state index contributed by atoms with van der Waals surface area (Å²) in [4.78, 5) is 41.6. The normalized spacial score (nSPS) is 18.5. The number of hydrogen-bond acceptors (Lipinski definition) is 3. The highest BCUT2D eigenvalue weighted by molar-refractivity contribution is 5.95. The minimum atomic E-state index is -0.522. The van der Waals surface area contributed by atoms with Gasteiger partial charge in [0.15, 0.2) is 5.78 Å². The number of likely N-dealkylation sites (tertiary alicyclic amines) is 1. The summed E-state index contributed by atoms with van der Waals surface area (Å²) in [6, 6.07) is -0.946. The van der Waals surface area contributed by atoms with Crippen LogP contribution in [-0.2, 0) is 14.4 Å². The lowest BCUT2D eigenvalue weighted by Crippen LogP contribution is -2.53. The Morgan fingerprint density at radius 1 is 1.27 bits per heavy atom. The molecule has 1 aliphatic heterocycles. The summed E-state index contributed by atoms with van der Waals surface area (Å²) in [6.07, 6.45) is 7.95. The van der Waals surface area contributed by atoms with E-state index in [-0.39, 0.29) is 24.0 Å². The fourth-order valence-electron chi connectivity index (χ4n) is 3.42. The molecule has 5 nitrogen and oxygen atoms in total. The molecule has 0 aromatic heterocycles. The molecule has 0 bridgehead atoms. The summed E-state index contributed by atoms with van der Waals surface area (Å²) in [5.41, 5.74) is -0.522. The quantitative estimate of drug-likeness (QED) is 0.654. The van der Waals surface area contributed by atoms with Gasteiger partial charge in [-0.05, 0) is 25.2 Å². The zero-order valence-electron chi connectivity index (χ0n) is 17.2. The lowest BCUT2D eigenvalue weighted by molar-refractivity contribution is -0.148. The van der Waals surface area contributed by atoms with Crippen LogP contribution in [0.1, 0.15) is 66.7 Å². The van der Waals surface area contributed by atoms with E-state index in [1.165, 1.54) is 0 Å². The minimum absolute atomic E-state index is 0.0604. The third-order valence-electron chi connectivity index (χ3n) is 4.89. The zero-order valence-corrected chi connectivity index (χ0v) is 17.2. The molecule has 0 saturated carbocycles. The van der Waals surface area contributed by atoms with Crippen LogP contribution in [0.25, 0.3) is 0 Å².